The van der Waals surface area contributed by atoms with Gasteiger partial charge in [-0.3, -0.25) is 0 Å². The third-order valence-corrected chi connectivity index (χ3v) is 1.70. The number of rotatable bonds is 3. The van der Waals surface area contributed by atoms with E-state index in [1.165, 1.54) is 0 Å². The Balaban J connectivity index is 2.99. The predicted molar refractivity (Wildman–Crippen MR) is 50.9 cm³/mol. The van der Waals surface area contributed by atoms with Crippen molar-refractivity contribution in [3.05, 3.63) is 41.5 Å². The van der Waals surface area contributed by atoms with E-state index in [1.807, 2.05) is 43.3 Å². The summed E-state index contributed by atoms with van der Waals surface area (Å²) in [7, 11) is 0. The van der Waals surface area contributed by atoms with E-state index < -0.39 is 0 Å². The summed E-state index contributed by atoms with van der Waals surface area (Å²) >= 11 is 0. The molecule has 1 rings (SSSR count). The fourth-order valence-electron chi connectivity index (χ4n) is 1.15. The summed E-state index contributed by atoms with van der Waals surface area (Å²) in [6.07, 6.45) is 5.42. The van der Waals surface area contributed by atoms with E-state index in [9.17, 15) is 4.79 Å². The Morgan fingerprint density at radius 1 is 1.33 bits per heavy atom. The van der Waals surface area contributed by atoms with Crippen molar-refractivity contribution in [2.45, 2.75) is 13.3 Å². The van der Waals surface area contributed by atoms with Crippen molar-refractivity contribution in [2.75, 3.05) is 0 Å². The number of hydrogen-bond donors (Lipinski definition) is 0. The molecule has 0 amide bonds. The van der Waals surface area contributed by atoms with Gasteiger partial charge in [0.25, 0.3) is 0 Å². The SMILES string of the molecule is C/C=C/c1ccccc1CC=O. The van der Waals surface area contributed by atoms with Crippen molar-refractivity contribution in [1.82, 2.24) is 0 Å². The average molecular weight is 160 g/mol. The molecule has 0 spiro atoms. The van der Waals surface area contributed by atoms with E-state index >= 15 is 0 Å². The molecule has 0 heterocycles. The molecule has 0 radical (unpaired) electrons. The monoisotopic (exact) mass is 160 g/mol. The number of aldehydes is 1. The van der Waals surface area contributed by atoms with Crippen molar-refractivity contribution in [3.8, 4) is 0 Å². The molecule has 0 atom stereocenters. The van der Waals surface area contributed by atoms with Gasteiger partial charge < -0.3 is 4.79 Å². The highest BCUT2D eigenvalue weighted by atomic mass is 16.1. The average Bonchev–Trinajstić information content (AvgIpc) is 2.09. The van der Waals surface area contributed by atoms with E-state index in [0.717, 1.165) is 17.4 Å². The molecule has 0 unspecified atom stereocenters. The minimum atomic E-state index is 0.501. The Hall–Kier alpha value is -1.37. The highest BCUT2D eigenvalue weighted by molar-refractivity contribution is 5.62. The van der Waals surface area contributed by atoms with E-state index in [4.69, 9.17) is 0 Å². The van der Waals surface area contributed by atoms with Crippen LogP contribution < -0.4 is 0 Å². The van der Waals surface area contributed by atoms with Gasteiger partial charge in [-0.15, -0.1) is 0 Å². The first-order valence-electron chi connectivity index (χ1n) is 4.02. The normalized spacial score (nSPS) is 10.4. The second kappa shape index (κ2) is 4.50. The van der Waals surface area contributed by atoms with Crippen molar-refractivity contribution in [1.29, 1.82) is 0 Å². The summed E-state index contributed by atoms with van der Waals surface area (Å²) in [5.74, 6) is 0. The Bertz CT molecular complexity index is 287. The molecule has 62 valence electrons. The van der Waals surface area contributed by atoms with Crippen LogP contribution in [-0.4, -0.2) is 6.29 Å². The van der Waals surface area contributed by atoms with E-state index in [0.29, 0.717) is 6.42 Å². The first-order valence-corrected chi connectivity index (χ1v) is 4.02. The second-order valence-electron chi connectivity index (χ2n) is 2.57. The summed E-state index contributed by atoms with van der Waals surface area (Å²) in [5, 5.41) is 0. The van der Waals surface area contributed by atoms with Crippen LogP contribution in [-0.2, 0) is 11.2 Å². The fraction of sp³-hybridized carbons (Fsp3) is 0.182. The Kier molecular flexibility index (Phi) is 3.27. The maximum absolute atomic E-state index is 10.3. The fourth-order valence-corrected chi connectivity index (χ4v) is 1.15. The van der Waals surface area contributed by atoms with Crippen molar-refractivity contribution >= 4 is 12.4 Å². The molecule has 12 heavy (non-hydrogen) atoms. The molecular formula is C11H12O. The molecule has 1 heteroatoms. The van der Waals surface area contributed by atoms with E-state index in [-0.39, 0.29) is 0 Å². The van der Waals surface area contributed by atoms with Crippen LogP contribution in [0.5, 0.6) is 0 Å². The lowest BCUT2D eigenvalue weighted by atomic mass is 10.1. The largest absolute Gasteiger partial charge is 0.303 e. The van der Waals surface area contributed by atoms with Gasteiger partial charge >= 0.3 is 0 Å². The molecule has 0 saturated heterocycles. The lowest BCUT2D eigenvalue weighted by Crippen LogP contribution is -1.88. The molecule has 1 nitrogen and oxygen atoms in total. The van der Waals surface area contributed by atoms with Crippen LogP contribution in [0, 0.1) is 0 Å². The zero-order valence-electron chi connectivity index (χ0n) is 7.16. The lowest BCUT2D eigenvalue weighted by molar-refractivity contribution is -0.107. The van der Waals surface area contributed by atoms with Crippen LogP contribution in [0.1, 0.15) is 18.1 Å². The van der Waals surface area contributed by atoms with Crippen molar-refractivity contribution < 1.29 is 4.79 Å². The summed E-state index contributed by atoms with van der Waals surface area (Å²) in [6, 6.07) is 7.91. The summed E-state index contributed by atoms with van der Waals surface area (Å²) < 4.78 is 0. The van der Waals surface area contributed by atoms with Crippen LogP contribution in [0.2, 0.25) is 0 Å². The van der Waals surface area contributed by atoms with Gasteiger partial charge in [-0.25, -0.2) is 0 Å². The van der Waals surface area contributed by atoms with Gasteiger partial charge in [0.2, 0.25) is 0 Å². The lowest BCUT2D eigenvalue weighted by Gasteiger charge is -2.00. The minimum absolute atomic E-state index is 0.501. The first-order chi connectivity index (χ1) is 5.88. The van der Waals surface area contributed by atoms with E-state index in [1.54, 1.807) is 0 Å². The molecule has 0 aromatic heterocycles. The summed E-state index contributed by atoms with van der Waals surface area (Å²) in [4.78, 5) is 10.3. The molecule has 0 fully saturated rings. The van der Waals surface area contributed by atoms with Crippen LogP contribution in [0.15, 0.2) is 30.3 Å². The van der Waals surface area contributed by atoms with Gasteiger partial charge in [-0.05, 0) is 18.1 Å². The highest BCUT2D eigenvalue weighted by Crippen LogP contribution is 2.10. The van der Waals surface area contributed by atoms with Crippen LogP contribution in [0.4, 0.5) is 0 Å². The van der Waals surface area contributed by atoms with Gasteiger partial charge in [-0.2, -0.15) is 0 Å². The van der Waals surface area contributed by atoms with Crippen molar-refractivity contribution in [3.63, 3.8) is 0 Å². The number of carbonyl (C=O) groups excluding carboxylic acids is 1. The van der Waals surface area contributed by atoms with Gasteiger partial charge in [-0.1, -0.05) is 36.4 Å². The molecule has 1 aromatic rings. The van der Waals surface area contributed by atoms with Crippen molar-refractivity contribution in [2.24, 2.45) is 0 Å². The molecule has 0 aliphatic carbocycles. The topological polar surface area (TPSA) is 17.1 Å². The third kappa shape index (κ3) is 2.06. The molecule has 0 aliphatic heterocycles. The Morgan fingerprint density at radius 2 is 2.08 bits per heavy atom. The summed E-state index contributed by atoms with van der Waals surface area (Å²) in [6.45, 7) is 1.97. The van der Waals surface area contributed by atoms with Crippen LogP contribution in [0.3, 0.4) is 0 Å². The van der Waals surface area contributed by atoms with Crippen LogP contribution in [0.25, 0.3) is 6.08 Å². The third-order valence-electron chi connectivity index (χ3n) is 1.70. The number of carbonyl (C=O) groups is 1. The minimum Gasteiger partial charge on any atom is -0.303 e. The quantitative estimate of drug-likeness (QED) is 0.621. The smallest absolute Gasteiger partial charge is 0.124 e. The van der Waals surface area contributed by atoms with Gasteiger partial charge in [0.15, 0.2) is 0 Å². The maximum atomic E-state index is 10.3. The molecule has 0 N–H and O–H groups in total. The van der Waals surface area contributed by atoms with Gasteiger partial charge in [0, 0.05) is 6.42 Å². The van der Waals surface area contributed by atoms with Gasteiger partial charge in [0.05, 0.1) is 0 Å². The number of allylic oxidation sites excluding steroid dienone is 1. The van der Waals surface area contributed by atoms with E-state index in [2.05, 4.69) is 0 Å². The molecule has 0 saturated carbocycles. The zero-order valence-corrected chi connectivity index (χ0v) is 7.16. The highest BCUT2D eigenvalue weighted by Gasteiger charge is 1.95. The van der Waals surface area contributed by atoms with Gasteiger partial charge in [0.1, 0.15) is 6.29 Å². The first kappa shape index (κ1) is 8.72. The molecule has 0 aliphatic rings. The standard InChI is InChI=1S/C11H12O/c1-2-5-10-6-3-4-7-11(10)8-9-12/h2-7,9H,8H2,1H3/b5-2+. The molecule has 0 bridgehead atoms. The van der Waals surface area contributed by atoms with Crippen LogP contribution >= 0.6 is 0 Å². The number of benzene rings is 1. The predicted octanol–water partition coefficient (Wildman–Crippen LogP) is 2.46. The molecular weight excluding hydrogens is 148 g/mol. The summed E-state index contributed by atoms with van der Waals surface area (Å²) in [5.41, 5.74) is 2.22. The maximum Gasteiger partial charge on any atom is 0.124 e. The number of hydrogen-bond acceptors (Lipinski definition) is 1. The Labute approximate surface area is 72.7 Å². The second-order valence-corrected chi connectivity index (χ2v) is 2.57. The molecule has 1 aromatic carbocycles. The Morgan fingerprint density at radius 3 is 2.75 bits per heavy atom. The zero-order chi connectivity index (χ0) is 8.81.